The van der Waals surface area contributed by atoms with Gasteiger partial charge in [0.25, 0.3) is 0 Å². The molecular formula is C32H47ClN2O2. The highest BCUT2D eigenvalue weighted by atomic mass is 35.5. The van der Waals surface area contributed by atoms with Crippen LogP contribution in [0.15, 0.2) is 42.5 Å². The van der Waals surface area contributed by atoms with Crippen molar-refractivity contribution in [2.24, 2.45) is 0 Å². The van der Waals surface area contributed by atoms with E-state index in [1.165, 1.54) is 16.8 Å². The second-order valence-corrected chi connectivity index (χ2v) is 13.6. The van der Waals surface area contributed by atoms with E-state index < -0.39 is 0 Å². The fourth-order valence-corrected chi connectivity index (χ4v) is 5.89. The lowest BCUT2D eigenvalue weighted by molar-refractivity contribution is -0.0487. The summed E-state index contributed by atoms with van der Waals surface area (Å²) in [4.78, 5) is 4.89. The highest BCUT2D eigenvalue weighted by molar-refractivity contribution is 6.33. The van der Waals surface area contributed by atoms with Crippen molar-refractivity contribution in [2.75, 3.05) is 36.0 Å². The van der Waals surface area contributed by atoms with Crippen molar-refractivity contribution < 1.29 is 9.47 Å². The molecule has 0 saturated carbocycles. The summed E-state index contributed by atoms with van der Waals surface area (Å²) in [6, 6.07) is 15.6. The highest BCUT2D eigenvalue weighted by Gasteiger charge is 2.30. The van der Waals surface area contributed by atoms with Crippen molar-refractivity contribution in [3.8, 4) is 0 Å². The average Bonchev–Trinajstić information content (AvgIpc) is 2.81. The van der Waals surface area contributed by atoms with E-state index in [-0.39, 0.29) is 35.2 Å². The number of morpholine rings is 2. The number of hydrogen-bond donors (Lipinski definition) is 0. The van der Waals surface area contributed by atoms with Gasteiger partial charge in [-0.3, -0.25) is 0 Å². The van der Waals surface area contributed by atoms with Crippen molar-refractivity contribution in [1.82, 2.24) is 0 Å². The number of ether oxygens (including phenoxy) is 2. The second-order valence-electron chi connectivity index (χ2n) is 13.2. The smallest absolute Gasteiger partial charge is 0.0755 e. The maximum absolute atomic E-state index is 6.78. The lowest BCUT2D eigenvalue weighted by atomic mass is 9.87. The van der Waals surface area contributed by atoms with Crippen LogP contribution in [0.2, 0.25) is 5.02 Å². The zero-order chi connectivity index (χ0) is 27.0. The normalized spacial score (nSPS) is 25.4. The molecule has 0 radical (unpaired) electrons. The Morgan fingerprint density at radius 1 is 0.703 bits per heavy atom. The molecule has 0 spiro atoms. The van der Waals surface area contributed by atoms with Crippen LogP contribution >= 0.6 is 11.6 Å². The molecule has 4 rings (SSSR count). The summed E-state index contributed by atoms with van der Waals surface area (Å²) < 4.78 is 12.8. The van der Waals surface area contributed by atoms with E-state index in [9.17, 15) is 0 Å². The van der Waals surface area contributed by atoms with Crippen molar-refractivity contribution in [2.45, 2.75) is 103 Å². The number of benzene rings is 2. The Kier molecular flexibility index (Phi) is 8.52. The van der Waals surface area contributed by atoms with Crippen LogP contribution in [-0.4, -0.2) is 50.6 Å². The van der Waals surface area contributed by atoms with Gasteiger partial charge in [-0.1, -0.05) is 71.3 Å². The van der Waals surface area contributed by atoms with E-state index in [1.807, 2.05) is 0 Å². The molecule has 0 aromatic heterocycles. The average molecular weight is 527 g/mol. The van der Waals surface area contributed by atoms with Crippen molar-refractivity contribution in [3.05, 3.63) is 58.6 Å². The summed E-state index contributed by atoms with van der Waals surface area (Å²) in [5, 5.41) is 0.831. The highest BCUT2D eigenvalue weighted by Crippen LogP contribution is 2.34. The Bertz CT molecular complexity index is 1040. The Morgan fingerprint density at radius 2 is 1.19 bits per heavy atom. The molecule has 2 saturated heterocycles. The van der Waals surface area contributed by atoms with E-state index >= 15 is 0 Å². The summed E-state index contributed by atoms with van der Waals surface area (Å²) in [6.07, 6.45) is 2.72. The molecule has 2 aliphatic heterocycles. The molecule has 5 heteroatoms. The SMILES string of the molecule is CC1CN(c2ccc(C(C)(C)C)cc2)CC(CCC2CN(c3ccc(C(C)(C)C)cc3Cl)CC(C)O2)O1. The third-order valence-electron chi connectivity index (χ3n) is 7.72. The fraction of sp³-hybridized carbons (Fsp3) is 0.625. The van der Waals surface area contributed by atoms with Gasteiger partial charge in [0.2, 0.25) is 0 Å². The zero-order valence-electron chi connectivity index (χ0n) is 24.2. The van der Waals surface area contributed by atoms with Gasteiger partial charge in [0.05, 0.1) is 35.1 Å². The zero-order valence-corrected chi connectivity index (χ0v) is 24.9. The van der Waals surface area contributed by atoms with Gasteiger partial charge in [0.15, 0.2) is 0 Å². The summed E-state index contributed by atoms with van der Waals surface area (Å²) in [5.74, 6) is 0. The van der Waals surface area contributed by atoms with Crippen molar-refractivity contribution >= 4 is 23.0 Å². The summed E-state index contributed by atoms with van der Waals surface area (Å²) in [6.45, 7) is 21.4. The van der Waals surface area contributed by atoms with Gasteiger partial charge < -0.3 is 19.3 Å². The van der Waals surface area contributed by atoms with Crippen molar-refractivity contribution in [1.29, 1.82) is 0 Å². The molecule has 0 amide bonds. The van der Waals surface area contributed by atoms with E-state index in [2.05, 4.69) is 108 Å². The number of halogens is 1. The molecule has 4 nitrogen and oxygen atoms in total. The first-order chi connectivity index (χ1) is 17.3. The third-order valence-corrected chi connectivity index (χ3v) is 8.02. The van der Waals surface area contributed by atoms with Crippen LogP contribution in [0.1, 0.15) is 79.4 Å². The minimum Gasteiger partial charge on any atom is -0.372 e. The molecule has 2 fully saturated rings. The topological polar surface area (TPSA) is 24.9 Å². The van der Waals surface area contributed by atoms with Gasteiger partial charge in [-0.15, -0.1) is 0 Å². The fourth-order valence-electron chi connectivity index (χ4n) is 5.59. The van der Waals surface area contributed by atoms with E-state index in [1.54, 1.807) is 0 Å². The van der Waals surface area contributed by atoms with Gasteiger partial charge >= 0.3 is 0 Å². The lowest BCUT2D eigenvalue weighted by Crippen LogP contribution is -2.49. The Morgan fingerprint density at radius 3 is 1.70 bits per heavy atom. The van der Waals surface area contributed by atoms with Gasteiger partial charge in [-0.05, 0) is 72.9 Å². The molecule has 2 heterocycles. The molecule has 204 valence electrons. The van der Waals surface area contributed by atoms with E-state index in [4.69, 9.17) is 21.1 Å². The van der Waals surface area contributed by atoms with Crippen LogP contribution < -0.4 is 9.80 Å². The van der Waals surface area contributed by atoms with Crippen LogP contribution in [0.25, 0.3) is 0 Å². The number of rotatable bonds is 5. The minimum atomic E-state index is 0.0860. The maximum Gasteiger partial charge on any atom is 0.0755 e. The van der Waals surface area contributed by atoms with Crippen molar-refractivity contribution in [3.63, 3.8) is 0 Å². The predicted octanol–water partition coefficient (Wildman–Crippen LogP) is 7.60. The summed E-state index contributed by atoms with van der Waals surface area (Å²) in [7, 11) is 0. The first kappa shape index (κ1) is 28.3. The van der Waals surface area contributed by atoms with Gasteiger partial charge in [0.1, 0.15) is 0 Å². The molecule has 0 bridgehead atoms. The third kappa shape index (κ3) is 7.22. The van der Waals surface area contributed by atoms with Crippen LogP contribution in [0.5, 0.6) is 0 Å². The molecule has 2 aliphatic rings. The predicted molar refractivity (Wildman–Crippen MR) is 158 cm³/mol. The van der Waals surface area contributed by atoms with E-state index in [0.29, 0.717) is 0 Å². The number of nitrogens with zero attached hydrogens (tertiary/aromatic N) is 2. The largest absolute Gasteiger partial charge is 0.372 e. The quantitative estimate of drug-likeness (QED) is 0.400. The van der Waals surface area contributed by atoms with Gasteiger partial charge in [-0.25, -0.2) is 0 Å². The Labute approximate surface area is 230 Å². The van der Waals surface area contributed by atoms with Gasteiger partial charge in [0, 0.05) is 31.9 Å². The lowest BCUT2D eigenvalue weighted by Gasteiger charge is -2.41. The maximum atomic E-state index is 6.78. The Balaban J connectivity index is 1.37. The first-order valence-corrected chi connectivity index (χ1v) is 14.4. The molecule has 4 unspecified atom stereocenters. The second kappa shape index (κ2) is 11.2. The van der Waals surface area contributed by atoms with Crippen LogP contribution in [0.4, 0.5) is 11.4 Å². The first-order valence-electron chi connectivity index (χ1n) is 14.0. The summed E-state index contributed by atoms with van der Waals surface area (Å²) >= 11 is 6.78. The molecule has 2 aromatic carbocycles. The molecule has 4 atom stereocenters. The molecule has 2 aromatic rings. The molecule has 37 heavy (non-hydrogen) atoms. The van der Waals surface area contributed by atoms with Crippen LogP contribution in [-0.2, 0) is 20.3 Å². The summed E-state index contributed by atoms with van der Waals surface area (Å²) in [5.41, 5.74) is 5.29. The molecule has 0 N–H and O–H groups in total. The van der Waals surface area contributed by atoms with Gasteiger partial charge in [-0.2, -0.15) is 0 Å². The standard InChI is InChI=1S/C32H47ClN2O2/c1-22-18-34(26-12-9-24(10-13-26)31(3,4)5)20-27(36-22)14-15-28-21-35(19-23(2)37-28)30-16-11-25(17-29(30)33)32(6,7)8/h9-13,16-17,22-23,27-28H,14-15,18-21H2,1-8H3. The molecule has 0 aliphatic carbocycles. The Hall–Kier alpha value is -1.75. The monoisotopic (exact) mass is 526 g/mol. The number of anilines is 2. The molecular weight excluding hydrogens is 480 g/mol. The number of hydrogen-bond acceptors (Lipinski definition) is 4. The van der Waals surface area contributed by atoms with Crippen LogP contribution in [0, 0.1) is 0 Å². The van der Waals surface area contributed by atoms with E-state index in [0.717, 1.165) is 49.7 Å². The van der Waals surface area contributed by atoms with Crippen LogP contribution in [0.3, 0.4) is 0 Å². The minimum absolute atomic E-state index is 0.0860.